The van der Waals surface area contributed by atoms with Crippen molar-refractivity contribution >= 4 is 5.91 Å². The molecule has 3 rings (SSSR count). The first-order valence-electron chi connectivity index (χ1n) is 7.19. The van der Waals surface area contributed by atoms with Crippen molar-refractivity contribution in [2.75, 3.05) is 26.2 Å². The van der Waals surface area contributed by atoms with Gasteiger partial charge in [0.15, 0.2) is 5.69 Å². The lowest BCUT2D eigenvalue weighted by molar-refractivity contribution is 0.0682. The number of likely N-dealkylation sites (tertiary alicyclic amines) is 1. The first-order valence-corrected chi connectivity index (χ1v) is 7.19. The number of nitrogens with zero attached hydrogens (tertiary/aromatic N) is 4. The van der Waals surface area contributed by atoms with Gasteiger partial charge in [-0.2, -0.15) is 0 Å². The molecule has 2 fully saturated rings. The van der Waals surface area contributed by atoms with E-state index in [4.69, 9.17) is 0 Å². The van der Waals surface area contributed by atoms with E-state index in [0.717, 1.165) is 44.9 Å². The average Bonchev–Trinajstić information content (AvgIpc) is 2.85. The fourth-order valence-corrected chi connectivity index (χ4v) is 2.72. The minimum atomic E-state index is 0.0353. The van der Waals surface area contributed by atoms with Crippen molar-refractivity contribution in [1.29, 1.82) is 0 Å². The molecule has 0 aliphatic carbocycles. The predicted molar refractivity (Wildman–Crippen MR) is 70.8 cm³/mol. The normalized spacial score (nSPS) is 21.4. The van der Waals surface area contributed by atoms with Crippen LogP contribution in [0.2, 0.25) is 0 Å². The summed E-state index contributed by atoms with van der Waals surface area (Å²) in [4.78, 5) is 14.2. The van der Waals surface area contributed by atoms with Crippen LogP contribution < -0.4 is 5.32 Å². The molecule has 6 heteroatoms. The Morgan fingerprint density at radius 2 is 2.16 bits per heavy atom. The maximum absolute atomic E-state index is 12.3. The monoisotopic (exact) mass is 263 g/mol. The number of rotatable bonds is 3. The lowest BCUT2D eigenvalue weighted by atomic mass is 9.94. The van der Waals surface area contributed by atoms with Crippen LogP contribution in [0.5, 0.6) is 0 Å². The van der Waals surface area contributed by atoms with Gasteiger partial charge in [0.25, 0.3) is 5.91 Å². The van der Waals surface area contributed by atoms with Crippen LogP contribution in [0.4, 0.5) is 0 Å². The Kier molecular flexibility index (Phi) is 3.50. The number of carbonyl (C=O) groups is 1. The van der Waals surface area contributed by atoms with Gasteiger partial charge in [0.05, 0.1) is 12.2 Å². The number of aromatic nitrogens is 3. The van der Waals surface area contributed by atoms with Crippen LogP contribution in [-0.2, 0) is 0 Å². The molecule has 3 heterocycles. The molecule has 2 saturated heterocycles. The van der Waals surface area contributed by atoms with Crippen LogP contribution >= 0.6 is 0 Å². The lowest BCUT2D eigenvalue weighted by Crippen LogP contribution is -2.43. The lowest BCUT2D eigenvalue weighted by Gasteiger charge is -2.31. The molecule has 1 aromatic rings. The molecule has 0 bridgehead atoms. The van der Waals surface area contributed by atoms with Crippen LogP contribution in [0.1, 0.15) is 42.7 Å². The van der Waals surface area contributed by atoms with Crippen molar-refractivity contribution in [2.45, 2.75) is 32.2 Å². The summed E-state index contributed by atoms with van der Waals surface area (Å²) in [5.41, 5.74) is 0.488. The molecule has 0 unspecified atom stereocenters. The summed E-state index contributed by atoms with van der Waals surface area (Å²) in [6.45, 7) is 5.77. The average molecular weight is 263 g/mol. The molecule has 2 aliphatic rings. The third-order valence-electron chi connectivity index (χ3n) is 4.34. The highest BCUT2D eigenvalue weighted by molar-refractivity contribution is 5.92. The number of nitrogens with one attached hydrogen (secondary N) is 1. The van der Waals surface area contributed by atoms with E-state index in [1.807, 2.05) is 9.58 Å². The number of amides is 1. The van der Waals surface area contributed by atoms with Crippen LogP contribution in [0, 0.1) is 5.92 Å². The van der Waals surface area contributed by atoms with E-state index >= 15 is 0 Å². The van der Waals surface area contributed by atoms with E-state index in [9.17, 15) is 4.79 Å². The second-order valence-corrected chi connectivity index (χ2v) is 5.54. The Morgan fingerprint density at radius 3 is 2.74 bits per heavy atom. The van der Waals surface area contributed by atoms with Crippen LogP contribution in [0.3, 0.4) is 0 Å². The van der Waals surface area contributed by atoms with Crippen molar-refractivity contribution in [3.8, 4) is 0 Å². The summed E-state index contributed by atoms with van der Waals surface area (Å²) >= 11 is 0. The minimum Gasteiger partial charge on any atom is -0.337 e. The molecular formula is C13H21N5O. The number of hydrogen-bond acceptors (Lipinski definition) is 4. The Hall–Kier alpha value is -1.43. The molecule has 19 heavy (non-hydrogen) atoms. The molecule has 0 saturated carbocycles. The molecule has 1 N–H and O–H groups in total. The third-order valence-corrected chi connectivity index (χ3v) is 4.34. The summed E-state index contributed by atoms with van der Waals surface area (Å²) in [5.74, 6) is 0.814. The quantitative estimate of drug-likeness (QED) is 0.871. The van der Waals surface area contributed by atoms with Gasteiger partial charge >= 0.3 is 0 Å². The Morgan fingerprint density at radius 1 is 1.42 bits per heavy atom. The van der Waals surface area contributed by atoms with Crippen LogP contribution in [-0.4, -0.2) is 52.0 Å². The molecule has 104 valence electrons. The molecule has 0 spiro atoms. The predicted octanol–water partition coefficient (Wildman–Crippen LogP) is 0.685. The highest BCUT2D eigenvalue weighted by atomic mass is 16.2. The summed E-state index contributed by atoms with van der Waals surface area (Å²) in [7, 11) is 0. The van der Waals surface area contributed by atoms with Crippen LogP contribution in [0.15, 0.2) is 6.20 Å². The van der Waals surface area contributed by atoms with E-state index in [1.165, 1.54) is 6.42 Å². The first kappa shape index (κ1) is 12.6. The first-order chi connectivity index (χ1) is 9.28. The van der Waals surface area contributed by atoms with Gasteiger partial charge < -0.3 is 10.2 Å². The second-order valence-electron chi connectivity index (χ2n) is 5.54. The van der Waals surface area contributed by atoms with Gasteiger partial charge in [-0.05, 0) is 18.8 Å². The van der Waals surface area contributed by atoms with Crippen molar-refractivity contribution in [1.82, 2.24) is 25.2 Å². The molecule has 0 atom stereocenters. The number of carbonyl (C=O) groups excluding carboxylic acids is 1. The molecule has 2 aliphatic heterocycles. The minimum absolute atomic E-state index is 0.0353. The zero-order valence-electron chi connectivity index (χ0n) is 11.4. The van der Waals surface area contributed by atoms with Gasteiger partial charge in [0, 0.05) is 26.2 Å². The van der Waals surface area contributed by atoms with E-state index in [1.54, 1.807) is 6.20 Å². The van der Waals surface area contributed by atoms with Crippen molar-refractivity contribution in [3.05, 3.63) is 11.9 Å². The van der Waals surface area contributed by atoms with Gasteiger partial charge in [0.1, 0.15) is 0 Å². The molecule has 6 nitrogen and oxygen atoms in total. The highest BCUT2D eigenvalue weighted by Gasteiger charge is 2.26. The van der Waals surface area contributed by atoms with Gasteiger partial charge in [-0.3, -0.25) is 4.79 Å². The summed E-state index contributed by atoms with van der Waals surface area (Å²) in [5, 5.41) is 11.3. The standard InChI is InChI=1S/C13H21N5O/c1-2-10-3-5-17(6-4-10)13(19)12-9-18(16-15-12)11-7-14-8-11/h9-11,14H,2-8H2,1H3. The van der Waals surface area contributed by atoms with Gasteiger partial charge in [0.2, 0.25) is 0 Å². The molecular weight excluding hydrogens is 242 g/mol. The SMILES string of the molecule is CCC1CCN(C(=O)c2cn(C3CNC3)nn2)CC1. The topological polar surface area (TPSA) is 63.1 Å². The molecule has 0 aromatic carbocycles. The van der Waals surface area contributed by atoms with Crippen molar-refractivity contribution < 1.29 is 4.79 Å². The fourth-order valence-electron chi connectivity index (χ4n) is 2.72. The largest absolute Gasteiger partial charge is 0.337 e. The third kappa shape index (κ3) is 2.49. The van der Waals surface area contributed by atoms with Crippen molar-refractivity contribution in [2.24, 2.45) is 5.92 Å². The highest BCUT2D eigenvalue weighted by Crippen LogP contribution is 2.21. The summed E-state index contributed by atoms with van der Waals surface area (Å²) in [6.07, 6.45) is 5.23. The van der Waals surface area contributed by atoms with E-state index < -0.39 is 0 Å². The Labute approximate surface area is 113 Å². The maximum atomic E-state index is 12.3. The molecule has 0 radical (unpaired) electrons. The zero-order valence-corrected chi connectivity index (χ0v) is 11.4. The molecule has 1 amide bonds. The Balaban J connectivity index is 1.62. The van der Waals surface area contributed by atoms with Crippen LogP contribution in [0.25, 0.3) is 0 Å². The van der Waals surface area contributed by atoms with E-state index in [-0.39, 0.29) is 5.91 Å². The zero-order chi connectivity index (χ0) is 13.2. The Bertz CT molecular complexity index is 446. The number of piperidine rings is 1. The van der Waals surface area contributed by atoms with E-state index in [2.05, 4.69) is 22.6 Å². The van der Waals surface area contributed by atoms with Crippen molar-refractivity contribution in [3.63, 3.8) is 0 Å². The number of hydrogen-bond donors (Lipinski definition) is 1. The summed E-state index contributed by atoms with van der Waals surface area (Å²) < 4.78 is 1.81. The molecule has 1 aromatic heterocycles. The van der Waals surface area contributed by atoms with Gasteiger partial charge in [-0.15, -0.1) is 5.10 Å². The van der Waals surface area contributed by atoms with E-state index in [0.29, 0.717) is 11.7 Å². The second kappa shape index (κ2) is 5.28. The fraction of sp³-hybridized carbons (Fsp3) is 0.769. The van der Waals surface area contributed by atoms with Gasteiger partial charge in [-0.1, -0.05) is 18.6 Å². The smallest absolute Gasteiger partial charge is 0.276 e. The maximum Gasteiger partial charge on any atom is 0.276 e. The van der Waals surface area contributed by atoms with Gasteiger partial charge in [-0.25, -0.2) is 4.68 Å². The summed E-state index contributed by atoms with van der Waals surface area (Å²) in [6, 6.07) is 0.361.